The zero-order valence-electron chi connectivity index (χ0n) is 21.6. The average Bonchev–Trinajstić information content (AvgIpc) is 2.87. The summed E-state index contributed by atoms with van der Waals surface area (Å²) in [5.41, 5.74) is 5.49. The monoisotopic (exact) mass is 637 g/mol. The quantitative estimate of drug-likeness (QED) is 0.0640. The summed E-state index contributed by atoms with van der Waals surface area (Å²) >= 11 is 0. The van der Waals surface area contributed by atoms with Gasteiger partial charge >= 0.3 is 0 Å². The van der Waals surface area contributed by atoms with Crippen molar-refractivity contribution in [3.63, 3.8) is 0 Å². The molecule has 0 aromatic heterocycles. The molecular formula is C24H23N5O10S3. The minimum atomic E-state index is -5.02. The van der Waals surface area contributed by atoms with Gasteiger partial charge in [-0.25, -0.2) is 0 Å². The first kappa shape index (κ1) is 30.9. The van der Waals surface area contributed by atoms with E-state index in [0.717, 1.165) is 23.8 Å². The molecule has 0 unspecified atom stereocenters. The number of hydrogen-bond acceptors (Lipinski definition) is 13. The molecule has 222 valence electrons. The molecule has 0 aliphatic carbocycles. The van der Waals surface area contributed by atoms with Gasteiger partial charge in [0.2, 0.25) is 0 Å². The summed E-state index contributed by atoms with van der Waals surface area (Å²) < 4.78 is 97.8. The van der Waals surface area contributed by atoms with E-state index in [1.165, 1.54) is 12.1 Å². The van der Waals surface area contributed by atoms with Crippen LogP contribution in [0.1, 0.15) is 11.1 Å². The van der Waals surface area contributed by atoms with Gasteiger partial charge in [-0.05, 0) is 61.2 Å². The highest BCUT2D eigenvalue weighted by atomic mass is 32.3. The number of fused-ring (bicyclic) bond motifs is 1. The molecular weight excluding hydrogens is 614 g/mol. The van der Waals surface area contributed by atoms with Crippen LogP contribution in [0.4, 0.5) is 28.4 Å². The van der Waals surface area contributed by atoms with Crippen LogP contribution in [0.2, 0.25) is 0 Å². The number of azo groups is 2. The fourth-order valence-corrected chi connectivity index (χ4v) is 5.91. The molecule has 0 atom stereocenters. The number of nitrogen functional groups attached to an aromatic ring is 1. The van der Waals surface area contributed by atoms with Gasteiger partial charge in [0.25, 0.3) is 20.2 Å². The number of nitrogens with zero attached hydrogens (tertiary/aromatic N) is 4. The van der Waals surface area contributed by atoms with Gasteiger partial charge in [0.15, 0.2) is 5.75 Å². The van der Waals surface area contributed by atoms with E-state index in [9.17, 15) is 44.7 Å². The number of anilines is 1. The van der Waals surface area contributed by atoms with Crippen molar-refractivity contribution in [1.29, 1.82) is 0 Å². The van der Waals surface area contributed by atoms with Crippen LogP contribution in [0.3, 0.4) is 0 Å². The van der Waals surface area contributed by atoms with Gasteiger partial charge in [0.1, 0.15) is 37.7 Å². The third kappa shape index (κ3) is 6.40. The van der Waals surface area contributed by atoms with Crippen molar-refractivity contribution in [2.45, 2.75) is 28.5 Å². The van der Waals surface area contributed by atoms with Crippen molar-refractivity contribution in [3.8, 4) is 5.75 Å². The van der Waals surface area contributed by atoms with Gasteiger partial charge in [-0.2, -0.15) is 21.9 Å². The molecule has 4 aromatic rings. The van der Waals surface area contributed by atoms with Crippen molar-refractivity contribution < 1.29 is 44.7 Å². The highest BCUT2D eigenvalue weighted by Crippen LogP contribution is 2.56. The minimum absolute atomic E-state index is 0.289. The van der Waals surface area contributed by atoms with E-state index in [0.29, 0.717) is 5.56 Å². The number of rotatable bonds is 7. The highest BCUT2D eigenvalue weighted by Gasteiger charge is 2.29. The molecule has 0 saturated heterocycles. The van der Waals surface area contributed by atoms with Gasteiger partial charge in [-0.15, -0.1) is 15.3 Å². The van der Waals surface area contributed by atoms with Crippen molar-refractivity contribution in [2.24, 2.45) is 20.5 Å². The Morgan fingerprint density at radius 2 is 1.19 bits per heavy atom. The minimum Gasteiger partial charge on any atom is -0.505 e. The van der Waals surface area contributed by atoms with E-state index in [1.807, 2.05) is 6.92 Å². The van der Waals surface area contributed by atoms with Gasteiger partial charge in [-0.3, -0.25) is 9.11 Å². The average molecular weight is 638 g/mol. The predicted octanol–water partition coefficient (Wildman–Crippen LogP) is 6.65. The van der Waals surface area contributed by atoms with Crippen molar-refractivity contribution in [1.82, 2.24) is 0 Å². The summed E-state index contributed by atoms with van der Waals surface area (Å²) in [7, 11) is -14.5. The molecule has 0 saturated carbocycles. The molecule has 0 bridgehead atoms. The van der Waals surface area contributed by atoms with E-state index in [4.69, 9.17) is 5.73 Å². The Morgan fingerprint density at radius 3 is 1.76 bits per heavy atom. The molecule has 4 rings (SSSR count). The molecule has 0 heterocycles. The molecule has 0 amide bonds. The van der Waals surface area contributed by atoms with Crippen LogP contribution in [0.15, 0.2) is 89.7 Å². The predicted molar refractivity (Wildman–Crippen MR) is 154 cm³/mol. The number of aryl methyl sites for hydroxylation is 2. The van der Waals surface area contributed by atoms with Crippen LogP contribution < -0.4 is 5.73 Å². The number of hydrogen-bond donors (Lipinski definition) is 7. The smallest absolute Gasteiger partial charge is 0.296 e. The topological polar surface area (TPSA) is 265 Å². The molecule has 15 nitrogen and oxygen atoms in total. The molecule has 8 N–H and O–H groups in total. The maximum atomic E-state index is 12.2. The Balaban J connectivity index is 2.03. The third-order valence-corrected chi connectivity index (χ3v) is 8.49. The first-order chi connectivity index (χ1) is 19.4. The van der Waals surface area contributed by atoms with E-state index < -0.39 is 74.3 Å². The summed E-state index contributed by atoms with van der Waals surface area (Å²) in [5, 5.41) is 25.7. The lowest BCUT2D eigenvalue weighted by atomic mass is 10.1. The Bertz CT molecular complexity index is 2010. The van der Waals surface area contributed by atoms with Crippen LogP contribution >= 0.6 is 10.9 Å². The van der Waals surface area contributed by atoms with Gasteiger partial charge in [0, 0.05) is 0 Å². The van der Waals surface area contributed by atoms with Crippen LogP contribution in [-0.2, 0) is 20.2 Å². The molecule has 0 spiro atoms. The number of benzene rings is 4. The first-order valence-corrected chi connectivity index (χ1v) is 15.8. The largest absolute Gasteiger partial charge is 0.505 e. The Hall–Kier alpha value is -4.01. The van der Waals surface area contributed by atoms with Gasteiger partial charge in [0.05, 0.1) is 21.7 Å². The molecule has 18 heteroatoms. The Kier molecular flexibility index (Phi) is 8.10. The fraction of sp³-hybridized carbons (Fsp3) is 0.0833. The standard InChI is InChI=1S/C24H23N5O10S3/c1-12-3-6-15(7-4-12)26-28-22-18(41(34,35)36)10-14-11-19(42(37,38)39)23(24(30)20(14)21(22)25)29-27-16-8-5-13(2)9-17(16)40(31,32)33/h3-11,30,37-39H,25H2,1-2H3,(H,31,32,33)(H,34,35,36). The Labute approximate surface area is 240 Å². The summed E-state index contributed by atoms with van der Waals surface area (Å²) in [6.07, 6.45) is 0. The number of phenols is 1. The lowest BCUT2D eigenvalue weighted by molar-refractivity contribution is 0.375. The first-order valence-electron chi connectivity index (χ1n) is 11.5. The molecule has 0 aliphatic heterocycles. The SMILES string of the molecule is Cc1ccc(N=Nc2c(S(=O)(=O)O)cc3cc(S(O)(O)O)c(N=Nc4ccc(C)cc4S(=O)(=O)O)c(O)c3c2N)cc1. The van der Waals surface area contributed by atoms with Gasteiger partial charge < -0.3 is 24.5 Å². The summed E-state index contributed by atoms with van der Waals surface area (Å²) in [6, 6.07) is 11.9. The zero-order chi connectivity index (χ0) is 31.2. The van der Waals surface area contributed by atoms with Crippen molar-refractivity contribution in [3.05, 3.63) is 65.7 Å². The zero-order valence-corrected chi connectivity index (χ0v) is 24.1. The van der Waals surface area contributed by atoms with E-state index >= 15 is 0 Å². The lowest BCUT2D eigenvalue weighted by Crippen LogP contribution is -2.03. The van der Waals surface area contributed by atoms with Crippen LogP contribution in [0.5, 0.6) is 5.75 Å². The molecule has 0 fully saturated rings. The molecule has 0 aliphatic rings. The second kappa shape index (κ2) is 11.0. The maximum absolute atomic E-state index is 12.2. The van der Waals surface area contributed by atoms with E-state index in [-0.39, 0.29) is 16.5 Å². The van der Waals surface area contributed by atoms with Crippen LogP contribution in [0.25, 0.3) is 10.8 Å². The Morgan fingerprint density at radius 1 is 0.643 bits per heavy atom. The molecule has 42 heavy (non-hydrogen) atoms. The van der Waals surface area contributed by atoms with E-state index in [1.54, 1.807) is 31.2 Å². The van der Waals surface area contributed by atoms with E-state index in [2.05, 4.69) is 20.5 Å². The molecule has 0 radical (unpaired) electrons. The van der Waals surface area contributed by atoms with Crippen LogP contribution in [-0.4, -0.2) is 44.7 Å². The lowest BCUT2D eigenvalue weighted by Gasteiger charge is -2.23. The van der Waals surface area contributed by atoms with Crippen molar-refractivity contribution in [2.75, 3.05) is 5.73 Å². The second-order valence-corrected chi connectivity index (χ2v) is 13.2. The second-order valence-electron chi connectivity index (χ2n) is 8.98. The number of aromatic hydroxyl groups is 1. The summed E-state index contributed by atoms with van der Waals surface area (Å²) in [6.45, 7) is 3.37. The van der Waals surface area contributed by atoms with Gasteiger partial charge in [-0.1, -0.05) is 23.8 Å². The number of nitrogens with two attached hydrogens (primary N) is 1. The summed E-state index contributed by atoms with van der Waals surface area (Å²) in [4.78, 5) is -2.36. The fourth-order valence-electron chi connectivity index (χ4n) is 3.85. The molecule has 4 aromatic carbocycles. The maximum Gasteiger partial charge on any atom is 0.296 e. The van der Waals surface area contributed by atoms with Crippen LogP contribution in [0, 0.1) is 13.8 Å². The third-order valence-electron chi connectivity index (χ3n) is 5.84. The van der Waals surface area contributed by atoms with Crippen molar-refractivity contribution >= 4 is 70.3 Å². The number of phenolic OH excluding ortho intramolecular Hbond substituents is 1. The summed E-state index contributed by atoms with van der Waals surface area (Å²) in [5.74, 6) is -0.952. The normalized spacial score (nSPS) is 13.4. The highest BCUT2D eigenvalue weighted by molar-refractivity contribution is 8.19.